The molecule has 0 bridgehead atoms. The molecular weight excluding hydrogens is 272 g/mol. The number of rotatable bonds is 1. The smallest absolute Gasteiger partial charge is 0.0154 e. The Morgan fingerprint density at radius 2 is 1.88 bits per heavy atom. The van der Waals surface area contributed by atoms with Gasteiger partial charge in [0.15, 0.2) is 0 Å². The molecule has 0 nitrogen and oxygen atoms in total. The fraction of sp³-hybridized carbons (Fsp3) is 0.375. The average Bonchev–Trinajstić information content (AvgIpc) is 2.70. The van der Waals surface area contributed by atoms with Crippen molar-refractivity contribution < 1.29 is 0 Å². The normalized spacial score (nSPS) is 28.7. The molecule has 1 aliphatic rings. The highest BCUT2D eigenvalue weighted by Gasteiger charge is 2.36. The Balaban J connectivity index is 2.17. The van der Waals surface area contributed by atoms with Gasteiger partial charge in [-0.2, -0.15) is 0 Å². The molecule has 88 valence electrons. The van der Waals surface area contributed by atoms with Crippen molar-refractivity contribution in [2.45, 2.75) is 36.4 Å². The molecule has 2 aromatic rings. The quantitative estimate of drug-likeness (QED) is 0.645. The lowest BCUT2D eigenvalue weighted by Gasteiger charge is -2.26. The van der Waals surface area contributed by atoms with Gasteiger partial charge in [-0.15, -0.1) is 0 Å². The Kier molecular flexibility index (Phi) is 2.74. The van der Waals surface area contributed by atoms with E-state index in [1.165, 1.54) is 35.6 Å². The van der Waals surface area contributed by atoms with Crippen molar-refractivity contribution in [2.75, 3.05) is 0 Å². The van der Waals surface area contributed by atoms with Gasteiger partial charge in [0.2, 0.25) is 0 Å². The molecular formula is C16H17Br. The minimum absolute atomic E-state index is 0.342. The molecule has 0 spiro atoms. The van der Waals surface area contributed by atoms with E-state index >= 15 is 0 Å². The van der Waals surface area contributed by atoms with Crippen molar-refractivity contribution in [3.63, 3.8) is 0 Å². The van der Waals surface area contributed by atoms with Crippen molar-refractivity contribution in [3.05, 3.63) is 48.0 Å². The van der Waals surface area contributed by atoms with Crippen LogP contribution < -0.4 is 0 Å². The first kappa shape index (κ1) is 11.3. The topological polar surface area (TPSA) is 0 Å². The van der Waals surface area contributed by atoms with Gasteiger partial charge in [0.05, 0.1) is 0 Å². The van der Waals surface area contributed by atoms with Crippen LogP contribution in [0.25, 0.3) is 10.8 Å². The van der Waals surface area contributed by atoms with Gasteiger partial charge in [-0.05, 0) is 41.0 Å². The first-order chi connectivity index (χ1) is 8.19. The van der Waals surface area contributed by atoms with E-state index in [9.17, 15) is 0 Å². The van der Waals surface area contributed by atoms with Crippen molar-refractivity contribution in [1.29, 1.82) is 0 Å². The second-order valence-corrected chi connectivity index (χ2v) is 6.72. The summed E-state index contributed by atoms with van der Waals surface area (Å²) < 4.78 is 0. The molecule has 2 unspecified atom stereocenters. The fourth-order valence-electron chi connectivity index (χ4n) is 3.16. The third-order valence-corrected chi connectivity index (χ3v) is 4.90. The van der Waals surface area contributed by atoms with E-state index in [0.29, 0.717) is 10.2 Å². The Morgan fingerprint density at radius 3 is 2.65 bits per heavy atom. The predicted octanol–water partition coefficient (Wildman–Crippen LogP) is 5.04. The zero-order chi connectivity index (χ0) is 11.9. The molecule has 1 aliphatic carbocycles. The zero-order valence-corrected chi connectivity index (χ0v) is 11.7. The summed E-state index contributed by atoms with van der Waals surface area (Å²) in [6.45, 7) is 2.41. The molecule has 3 rings (SSSR count). The monoisotopic (exact) mass is 288 g/mol. The van der Waals surface area contributed by atoms with Crippen LogP contribution in [0.1, 0.15) is 31.7 Å². The average molecular weight is 289 g/mol. The summed E-state index contributed by atoms with van der Waals surface area (Å²) in [5.41, 5.74) is 1.87. The van der Waals surface area contributed by atoms with Crippen LogP contribution in [0, 0.1) is 0 Å². The van der Waals surface area contributed by atoms with Crippen LogP contribution in [0.2, 0.25) is 0 Å². The largest absolute Gasteiger partial charge is 0.0890 e. The van der Waals surface area contributed by atoms with Gasteiger partial charge in [-0.25, -0.2) is 0 Å². The van der Waals surface area contributed by atoms with E-state index in [-0.39, 0.29) is 0 Å². The summed E-state index contributed by atoms with van der Waals surface area (Å²) in [6.07, 6.45) is 3.83. The second kappa shape index (κ2) is 4.13. The van der Waals surface area contributed by atoms with Gasteiger partial charge < -0.3 is 0 Å². The van der Waals surface area contributed by atoms with Gasteiger partial charge in [-0.1, -0.05) is 65.3 Å². The van der Waals surface area contributed by atoms with Crippen LogP contribution >= 0.6 is 15.9 Å². The van der Waals surface area contributed by atoms with Gasteiger partial charge in [0.1, 0.15) is 0 Å². The number of benzene rings is 2. The molecule has 2 aromatic carbocycles. The summed E-state index contributed by atoms with van der Waals surface area (Å²) in [5.74, 6) is 0. The standard InChI is InChI=1S/C16H17Br/c1-16(10-9-13(17)11-16)15-8-4-6-12-5-2-3-7-14(12)15/h2-8,13H,9-11H2,1H3. The number of hydrogen-bond acceptors (Lipinski definition) is 0. The Morgan fingerprint density at radius 1 is 1.12 bits per heavy atom. The van der Waals surface area contributed by atoms with E-state index in [1.54, 1.807) is 0 Å². The molecule has 1 fully saturated rings. The molecule has 17 heavy (non-hydrogen) atoms. The maximum atomic E-state index is 3.78. The van der Waals surface area contributed by atoms with Crippen LogP contribution in [0.15, 0.2) is 42.5 Å². The number of fused-ring (bicyclic) bond motifs is 1. The minimum Gasteiger partial charge on any atom is -0.0890 e. The molecule has 1 heteroatoms. The van der Waals surface area contributed by atoms with Crippen molar-refractivity contribution in [3.8, 4) is 0 Å². The molecule has 1 saturated carbocycles. The first-order valence-electron chi connectivity index (χ1n) is 6.31. The SMILES string of the molecule is CC1(c2cccc3ccccc23)CCC(Br)C1. The lowest BCUT2D eigenvalue weighted by molar-refractivity contribution is 0.497. The van der Waals surface area contributed by atoms with E-state index in [1.807, 2.05) is 0 Å². The van der Waals surface area contributed by atoms with E-state index in [4.69, 9.17) is 0 Å². The lowest BCUT2D eigenvalue weighted by atomic mass is 9.79. The van der Waals surface area contributed by atoms with Crippen LogP contribution in [0.4, 0.5) is 0 Å². The molecule has 0 saturated heterocycles. The highest BCUT2D eigenvalue weighted by Crippen LogP contribution is 2.45. The molecule has 0 aliphatic heterocycles. The molecule has 0 heterocycles. The third kappa shape index (κ3) is 1.91. The number of hydrogen-bond donors (Lipinski definition) is 0. The summed E-state index contributed by atoms with van der Waals surface area (Å²) >= 11 is 3.78. The molecule has 0 amide bonds. The number of halogens is 1. The van der Waals surface area contributed by atoms with Crippen molar-refractivity contribution >= 4 is 26.7 Å². The lowest BCUT2D eigenvalue weighted by Crippen LogP contribution is -2.18. The predicted molar refractivity (Wildman–Crippen MR) is 77.9 cm³/mol. The Labute approximate surface area is 111 Å². The molecule has 0 aromatic heterocycles. The maximum absolute atomic E-state index is 3.78. The maximum Gasteiger partial charge on any atom is 0.0154 e. The Bertz CT molecular complexity index is 541. The summed E-state index contributed by atoms with van der Waals surface area (Å²) in [4.78, 5) is 0.687. The van der Waals surface area contributed by atoms with Gasteiger partial charge in [-0.3, -0.25) is 0 Å². The highest BCUT2D eigenvalue weighted by atomic mass is 79.9. The zero-order valence-electron chi connectivity index (χ0n) is 10.1. The van der Waals surface area contributed by atoms with Crippen molar-refractivity contribution in [2.24, 2.45) is 0 Å². The molecule has 0 N–H and O–H groups in total. The van der Waals surface area contributed by atoms with E-state index in [0.717, 1.165) is 0 Å². The van der Waals surface area contributed by atoms with Crippen molar-refractivity contribution in [1.82, 2.24) is 0 Å². The molecule has 0 radical (unpaired) electrons. The van der Waals surface area contributed by atoms with Crippen LogP contribution in [0.3, 0.4) is 0 Å². The number of alkyl halides is 1. The third-order valence-electron chi connectivity index (χ3n) is 4.12. The van der Waals surface area contributed by atoms with Crippen LogP contribution in [0.5, 0.6) is 0 Å². The first-order valence-corrected chi connectivity index (χ1v) is 7.23. The van der Waals surface area contributed by atoms with E-state index in [2.05, 4.69) is 65.3 Å². The summed E-state index contributed by atoms with van der Waals surface area (Å²) in [5, 5.41) is 2.79. The van der Waals surface area contributed by atoms with Crippen LogP contribution in [-0.2, 0) is 5.41 Å². The molecule has 2 atom stereocenters. The second-order valence-electron chi connectivity index (χ2n) is 5.43. The fourth-order valence-corrected chi connectivity index (χ4v) is 4.11. The van der Waals surface area contributed by atoms with Crippen LogP contribution in [-0.4, -0.2) is 4.83 Å². The summed E-state index contributed by atoms with van der Waals surface area (Å²) in [7, 11) is 0. The highest BCUT2D eigenvalue weighted by molar-refractivity contribution is 9.09. The van der Waals surface area contributed by atoms with Gasteiger partial charge in [0.25, 0.3) is 0 Å². The minimum atomic E-state index is 0.342. The van der Waals surface area contributed by atoms with Gasteiger partial charge in [0, 0.05) is 4.83 Å². The summed E-state index contributed by atoms with van der Waals surface area (Å²) in [6, 6.07) is 15.5. The van der Waals surface area contributed by atoms with E-state index < -0.39 is 0 Å². The Hall–Kier alpha value is -0.820. The van der Waals surface area contributed by atoms with Gasteiger partial charge >= 0.3 is 0 Å².